The molecule has 0 saturated carbocycles. The zero-order valence-corrected chi connectivity index (χ0v) is 16.5. The molecule has 0 bridgehead atoms. The number of hydrogen-bond donors (Lipinski definition) is 2. The van der Waals surface area contributed by atoms with Crippen LogP contribution in [0.3, 0.4) is 0 Å². The molecule has 6 heteroatoms. The van der Waals surface area contributed by atoms with Crippen molar-refractivity contribution in [1.82, 2.24) is 4.90 Å². The SMILES string of the molecule is O=C(O)CCCCCCN1C(=O)CC[C@@H]1CCC(O)Cc1ccc(Cl)cc1. The highest BCUT2D eigenvalue weighted by Gasteiger charge is 2.30. The maximum Gasteiger partial charge on any atom is 0.303 e. The third kappa shape index (κ3) is 7.89. The number of unbranched alkanes of at least 4 members (excludes halogenated alkanes) is 3. The van der Waals surface area contributed by atoms with Gasteiger partial charge < -0.3 is 15.1 Å². The molecule has 1 aliphatic rings. The molecule has 1 saturated heterocycles. The zero-order chi connectivity index (χ0) is 19.6. The first-order valence-electron chi connectivity index (χ1n) is 9.89. The highest BCUT2D eigenvalue weighted by molar-refractivity contribution is 6.30. The Bertz CT molecular complexity index is 605. The van der Waals surface area contributed by atoms with Crippen molar-refractivity contribution in [3.63, 3.8) is 0 Å². The molecule has 1 aliphatic heterocycles. The van der Waals surface area contributed by atoms with E-state index in [0.29, 0.717) is 30.7 Å². The summed E-state index contributed by atoms with van der Waals surface area (Å²) in [7, 11) is 0. The molecule has 5 nitrogen and oxygen atoms in total. The number of carboxylic acids is 1. The molecule has 0 radical (unpaired) electrons. The largest absolute Gasteiger partial charge is 0.481 e. The molecule has 1 aromatic carbocycles. The number of aliphatic hydroxyl groups is 1. The molecule has 150 valence electrons. The fourth-order valence-corrected chi connectivity index (χ4v) is 3.82. The molecule has 27 heavy (non-hydrogen) atoms. The van der Waals surface area contributed by atoms with Gasteiger partial charge in [0.15, 0.2) is 0 Å². The van der Waals surface area contributed by atoms with Crippen molar-refractivity contribution in [2.75, 3.05) is 6.54 Å². The second-order valence-electron chi connectivity index (χ2n) is 7.40. The van der Waals surface area contributed by atoms with Gasteiger partial charge in [0.05, 0.1) is 6.10 Å². The highest BCUT2D eigenvalue weighted by atomic mass is 35.5. The normalized spacial score (nSPS) is 18.1. The van der Waals surface area contributed by atoms with E-state index in [-0.39, 0.29) is 18.4 Å². The number of halogens is 1. The maximum absolute atomic E-state index is 12.1. The molecule has 0 spiro atoms. The van der Waals surface area contributed by atoms with Crippen LogP contribution in [0.4, 0.5) is 0 Å². The molecule has 1 fully saturated rings. The predicted octanol–water partition coefficient (Wildman–Crippen LogP) is 4.05. The van der Waals surface area contributed by atoms with Crippen molar-refractivity contribution < 1.29 is 19.8 Å². The van der Waals surface area contributed by atoms with Crippen molar-refractivity contribution in [3.8, 4) is 0 Å². The minimum absolute atomic E-state index is 0.206. The molecule has 1 heterocycles. The van der Waals surface area contributed by atoms with Gasteiger partial charge in [-0.1, -0.05) is 36.6 Å². The van der Waals surface area contributed by atoms with Crippen LogP contribution >= 0.6 is 11.6 Å². The van der Waals surface area contributed by atoms with Gasteiger partial charge in [-0.05, 0) is 56.2 Å². The van der Waals surface area contributed by atoms with Crippen molar-refractivity contribution >= 4 is 23.5 Å². The first kappa shape index (κ1) is 21.7. The van der Waals surface area contributed by atoms with E-state index >= 15 is 0 Å². The summed E-state index contributed by atoms with van der Waals surface area (Å²) >= 11 is 5.88. The van der Waals surface area contributed by atoms with E-state index in [1.54, 1.807) is 0 Å². The second kappa shape index (κ2) is 11.3. The molecule has 1 aromatic rings. The van der Waals surface area contributed by atoms with Crippen molar-refractivity contribution in [3.05, 3.63) is 34.9 Å². The first-order chi connectivity index (χ1) is 13.0. The van der Waals surface area contributed by atoms with Gasteiger partial charge >= 0.3 is 5.97 Å². The summed E-state index contributed by atoms with van der Waals surface area (Å²) in [5.74, 6) is -0.542. The Morgan fingerprint density at radius 2 is 1.89 bits per heavy atom. The number of nitrogens with zero attached hydrogens (tertiary/aromatic N) is 1. The average molecular weight is 396 g/mol. The molecule has 2 rings (SSSR count). The number of benzene rings is 1. The second-order valence-corrected chi connectivity index (χ2v) is 7.84. The number of hydrogen-bond acceptors (Lipinski definition) is 3. The lowest BCUT2D eigenvalue weighted by Crippen LogP contribution is -2.34. The quantitative estimate of drug-likeness (QED) is 0.523. The van der Waals surface area contributed by atoms with Crippen molar-refractivity contribution in [1.29, 1.82) is 0 Å². The Hall–Kier alpha value is -1.59. The minimum Gasteiger partial charge on any atom is -0.481 e. The van der Waals surface area contributed by atoms with Crippen LogP contribution in [0, 0.1) is 0 Å². The predicted molar refractivity (Wildman–Crippen MR) is 106 cm³/mol. The third-order valence-corrected chi connectivity index (χ3v) is 5.46. The zero-order valence-electron chi connectivity index (χ0n) is 15.8. The Morgan fingerprint density at radius 3 is 2.59 bits per heavy atom. The van der Waals surface area contributed by atoms with Crippen molar-refractivity contribution in [2.24, 2.45) is 0 Å². The van der Waals surface area contributed by atoms with E-state index < -0.39 is 12.1 Å². The molecule has 2 atom stereocenters. The van der Waals surface area contributed by atoms with Gasteiger partial charge in [0.2, 0.25) is 5.91 Å². The van der Waals surface area contributed by atoms with Crippen LogP contribution in [0.25, 0.3) is 0 Å². The summed E-state index contributed by atoms with van der Waals surface area (Å²) in [6, 6.07) is 7.74. The van der Waals surface area contributed by atoms with Gasteiger partial charge in [-0.2, -0.15) is 0 Å². The van der Waals surface area contributed by atoms with E-state index in [4.69, 9.17) is 16.7 Å². The lowest BCUT2D eigenvalue weighted by molar-refractivity contribution is -0.137. The van der Waals surface area contributed by atoms with Crippen LogP contribution < -0.4 is 0 Å². The van der Waals surface area contributed by atoms with Crippen LogP contribution in [-0.2, 0) is 16.0 Å². The summed E-state index contributed by atoms with van der Waals surface area (Å²) in [5.41, 5.74) is 1.06. The third-order valence-electron chi connectivity index (χ3n) is 5.21. The van der Waals surface area contributed by atoms with Gasteiger partial charge in [-0.3, -0.25) is 9.59 Å². The summed E-state index contributed by atoms with van der Waals surface area (Å²) in [6.45, 7) is 0.740. The molecule has 0 aliphatic carbocycles. The molecule has 0 aromatic heterocycles. The molecule has 2 N–H and O–H groups in total. The average Bonchev–Trinajstić information content (AvgIpc) is 2.98. The van der Waals surface area contributed by atoms with Gasteiger partial charge in [-0.15, -0.1) is 0 Å². The Kier molecular flexibility index (Phi) is 9.08. The standard InChI is InChI=1S/C21H30ClNO4/c22-17-8-6-16(7-9-17)15-19(24)12-10-18-11-13-20(25)23(18)14-4-2-1-3-5-21(26)27/h6-9,18-19,24H,1-5,10-15H2,(H,26,27)/t18-,19?/m0/s1. The summed E-state index contributed by atoms with van der Waals surface area (Å²) in [6.07, 6.45) is 6.80. The lowest BCUT2D eigenvalue weighted by Gasteiger charge is -2.25. The first-order valence-corrected chi connectivity index (χ1v) is 10.3. The van der Waals surface area contributed by atoms with E-state index in [0.717, 1.165) is 44.2 Å². The Balaban J connectivity index is 1.68. The van der Waals surface area contributed by atoms with Crippen molar-refractivity contribution in [2.45, 2.75) is 76.4 Å². The number of carbonyl (C=O) groups excluding carboxylic acids is 1. The Morgan fingerprint density at radius 1 is 1.19 bits per heavy atom. The van der Waals surface area contributed by atoms with E-state index in [9.17, 15) is 14.7 Å². The smallest absolute Gasteiger partial charge is 0.303 e. The van der Waals surface area contributed by atoms with E-state index in [1.165, 1.54) is 0 Å². The number of aliphatic hydroxyl groups excluding tert-OH is 1. The molecular weight excluding hydrogens is 366 g/mol. The van der Waals surface area contributed by atoms with Gasteiger partial charge in [-0.25, -0.2) is 0 Å². The van der Waals surface area contributed by atoms with Crippen LogP contribution in [0.2, 0.25) is 5.02 Å². The monoisotopic (exact) mass is 395 g/mol. The number of carbonyl (C=O) groups is 2. The Labute approximate surface area is 166 Å². The molecule has 1 amide bonds. The maximum atomic E-state index is 12.1. The summed E-state index contributed by atoms with van der Waals surface area (Å²) in [5, 5.41) is 19.7. The van der Waals surface area contributed by atoms with Gasteiger partial charge in [0, 0.05) is 30.5 Å². The lowest BCUT2D eigenvalue weighted by atomic mass is 10.0. The number of rotatable bonds is 12. The van der Waals surface area contributed by atoms with Crippen LogP contribution in [0.1, 0.15) is 63.4 Å². The highest BCUT2D eigenvalue weighted by Crippen LogP contribution is 2.24. The fourth-order valence-electron chi connectivity index (χ4n) is 3.69. The van der Waals surface area contributed by atoms with Crippen LogP contribution in [-0.4, -0.2) is 45.7 Å². The molecule has 1 unspecified atom stereocenters. The molecular formula is C21H30ClNO4. The number of amides is 1. The summed E-state index contributed by atoms with van der Waals surface area (Å²) in [4.78, 5) is 24.6. The number of carboxylic acid groups (broad SMARTS) is 1. The van der Waals surface area contributed by atoms with Gasteiger partial charge in [0.25, 0.3) is 0 Å². The summed E-state index contributed by atoms with van der Waals surface area (Å²) < 4.78 is 0. The number of likely N-dealkylation sites (tertiary alicyclic amines) is 1. The number of aliphatic carboxylic acids is 1. The van der Waals surface area contributed by atoms with Gasteiger partial charge in [0.1, 0.15) is 0 Å². The fraction of sp³-hybridized carbons (Fsp3) is 0.619. The van der Waals surface area contributed by atoms with E-state index in [2.05, 4.69) is 0 Å². The topological polar surface area (TPSA) is 77.8 Å². The van der Waals surface area contributed by atoms with Crippen LogP contribution in [0.15, 0.2) is 24.3 Å². The minimum atomic E-state index is -0.748. The van der Waals surface area contributed by atoms with Crippen LogP contribution in [0.5, 0.6) is 0 Å². The van der Waals surface area contributed by atoms with E-state index in [1.807, 2.05) is 29.2 Å².